The summed E-state index contributed by atoms with van der Waals surface area (Å²) in [4.78, 5) is 23.9. The Bertz CT molecular complexity index is 1070. The maximum Gasteiger partial charge on any atom is 0.257 e. The molecule has 0 atom stereocenters. The van der Waals surface area contributed by atoms with E-state index in [2.05, 4.69) is 34.3 Å². The van der Waals surface area contributed by atoms with E-state index >= 15 is 0 Å². The summed E-state index contributed by atoms with van der Waals surface area (Å²) in [6.45, 7) is 5.57. The van der Waals surface area contributed by atoms with Crippen molar-refractivity contribution >= 4 is 22.4 Å². The van der Waals surface area contributed by atoms with E-state index in [4.69, 9.17) is 14.5 Å². The van der Waals surface area contributed by atoms with Crippen molar-refractivity contribution < 1.29 is 14.3 Å². The fourth-order valence-electron chi connectivity index (χ4n) is 4.04. The second-order valence-corrected chi connectivity index (χ2v) is 9.54. The zero-order valence-electron chi connectivity index (χ0n) is 20.0. The van der Waals surface area contributed by atoms with Crippen LogP contribution in [-0.2, 0) is 6.42 Å². The van der Waals surface area contributed by atoms with Gasteiger partial charge in [-0.05, 0) is 38.6 Å². The van der Waals surface area contributed by atoms with Crippen LogP contribution in [-0.4, -0.2) is 74.7 Å². The fourth-order valence-corrected chi connectivity index (χ4v) is 5.06. The average Bonchev–Trinajstić information content (AvgIpc) is 3.27. The number of nitrogens with zero attached hydrogens (tertiary/aromatic N) is 3. The summed E-state index contributed by atoms with van der Waals surface area (Å²) in [6, 6.07) is 15.3. The number of anilines is 1. The van der Waals surface area contributed by atoms with E-state index in [1.165, 1.54) is 4.88 Å². The van der Waals surface area contributed by atoms with Crippen molar-refractivity contribution in [3.63, 3.8) is 0 Å². The van der Waals surface area contributed by atoms with E-state index in [0.717, 1.165) is 56.8 Å². The number of ether oxygens (including phenoxy) is 2. The van der Waals surface area contributed by atoms with Crippen molar-refractivity contribution in [2.24, 2.45) is 0 Å². The Labute approximate surface area is 205 Å². The number of aryl methyl sites for hydroxylation is 1. The monoisotopic (exact) mass is 480 g/mol. The number of piperazine rings is 1. The van der Waals surface area contributed by atoms with Crippen LogP contribution in [0.25, 0.3) is 11.3 Å². The van der Waals surface area contributed by atoms with Gasteiger partial charge in [-0.1, -0.05) is 30.3 Å². The maximum absolute atomic E-state index is 13.0. The van der Waals surface area contributed by atoms with Gasteiger partial charge in [0.2, 0.25) is 0 Å². The number of likely N-dealkylation sites (N-methyl/N-ethyl adjacent to an activating group) is 1. The SMILES string of the molecule is COc1cc(OC)cc(C(=O)Nc2nc(-c3ccccc3)c(CCCN3CCN(C)CC3)s2)c1. The average molecular weight is 481 g/mol. The number of benzene rings is 2. The third-order valence-corrected chi connectivity index (χ3v) is 7.08. The molecule has 2 aromatic carbocycles. The highest BCUT2D eigenvalue weighted by Gasteiger charge is 2.18. The van der Waals surface area contributed by atoms with E-state index in [9.17, 15) is 4.79 Å². The second kappa shape index (κ2) is 11.5. The minimum Gasteiger partial charge on any atom is -0.497 e. The molecule has 1 N–H and O–H groups in total. The number of thiazole rings is 1. The number of carbonyl (C=O) groups excluding carboxylic acids is 1. The van der Waals surface area contributed by atoms with Crippen molar-refractivity contribution in [1.82, 2.24) is 14.8 Å². The molecule has 0 unspecified atom stereocenters. The van der Waals surface area contributed by atoms with Gasteiger partial charge in [-0.2, -0.15) is 0 Å². The molecule has 4 rings (SSSR count). The molecular weight excluding hydrogens is 448 g/mol. The van der Waals surface area contributed by atoms with Gasteiger partial charge < -0.3 is 19.3 Å². The molecule has 0 bridgehead atoms. The highest BCUT2D eigenvalue weighted by Crippen LogP contribution is 2.33. The van der Waals surface area contributed by atoms with Crippen LogP contribution in [0.15, 0.2) is 48.5 Å². The van der Waals surface area contributed by atoms with Gasteiger partial charge in [-0.15, -0.1) is 11.3 Å². The number of hydrogen-bond acceptors (Lipinski definition) is 7. The molecule has 34 heavy (non-hydrogen) atoms. The highest BCUT2D eigenvalue weighted by molar-refractivity contribution is 7.16. The summed E-state index contributed by atoms with van der Waals surface area (Å²) in [5.41, 5.74) is 2.48. The van der Waals surface area contributed by atoms with Crippen LogP contribution >= 0.6 is 11.3 Å². The van der Waals surface area contributed by atoms with Crippen molar-refractivity contribution in [2.45, 2.75) is 12.8 Å². The smallest absolute Gasteiger partial charge is 0.257 e. The zero-order chi connectivity index (χ0) is 23.9. The van der Waals surface area contributed by atoms with Crippen LogP contribution < -0.4 is 14.8 Å². The van der Waals surface area contributed by atoms with E-state index in [1.807, 2.05) is 18.2 Å². The summed E-state index contributed by atoms with van der Waals surface area (Å²) >= 11 is 1.55. The van der Waals surface area contributed by atoms with Crippen LogP contribution in [0.3, 0.4) is 0 Å². The predicted molar refractivity (Wildman–Crippen MR) is 137 cm³/mol. The first-order chi connectivity index (χ1) is 16.6. The molecule has 0 radical (unpaired) electrons. The highest BCUT2D eigenvalue weighted by atomic mass is 32.1. The van der Waals surface area contributed by atoms with Crippen LogP contribution in [0.1, 0.15) is 21.7 Å². The zero-order valence-corrected chi connectivity index (χ0v) is 20.9. The summed E-state index contributed by atoms with van der Waals surface area (Å²) < 4.78 is 10.6. The molecule has 7 nitrogen and oxygen atoms in total. The lowest BCUT2D eigenvalue weighted by Crippen LogP contribution is -2.44. The topological polar surface area (TPSA) is 66.9 Å². The first-order valence-corrected chi connectivity index (χ1v) is 12.4. The largest absolute Gasteiger partial charge is 0.497 e. The molecule has 0 saturated carbocycles. The maximum atomic E-state index is 13.0. The third kappa shape index (κ3) is 6.14. The van der Waals surface area contributed by atoms with E-state index in [0.29, 0.717) is 22.2 Å². The second-order valence-electron chi connectivity index (χ2n) is 8.46. The van der Waals surface area contributed by atoms with Gasteiger partial charge in [0, 0.05) is 48.2 Å². The van der Waals surface area contributed by atoms with Crippen molar-refractivity contribution in [3.05, 3.63) is 59.0 Å². The predicted octanol–water partition coefficient (Wildman–Crippen LogP) is 4.26. The Morgan fingerprint density at radius 1 is 1.03 bits per heavy atom. The van der Waals surface area contributed by atoms with Crippen LogP contribution in [0.2, 0.25) is 0 Å². The number of amides is 1. The number of rotatable bonds is 9. The molecule has 0 aliphatic carbocycles. The van der Waals surface area contributed by atoms with E-state index in [1.54, 1.807) is 43.8 Å². The minimum absolute atomic E-state index is 0.241. The normalized spacial score (nSPS) is 14.7. The summed E-state index contributed by atoms with van der Waals surface area (Å²) in [7, 11) is 5.31. The van der Waals surface area contributed by atoms with Gasteiger partial charge in [-0.3, -0.25) is 10.1 Å². The number of nitrogens with one attached hydrogen (secondary N) is 1. The molecule has 0 spiro atoms. The van der Waals surface area contributed by atoms with Crippen molar-refractivity contribution in [1.29, 1.82) is 0 Å². The molecule has 1 amide bonds. The molecule has 1 fully saturated rings. The molecule has 3 aromatic rings. The first-order valence-electron chi connectivity index (χ1n) is 11.6. The molecular formula is C26H32N4O3S. The lowest BCUT2D eigenvalue weighted by atomic mass is 10.1. The summed E-state index contributed by atoms with van der Waals surface area (Å²) in [6.07, 6.45) is 1.99. The Balaban J connectivity index is 1.49. The fraction of sp³-hybridized carbons (Fsp3) is 0.385. The van der Waals surface area contributed by atoms with Gasteiger partial charge in [0.05, 0.1) is 19.9 Å². The van der Waals surface area contributed by atoms with Crippen LogP contribution in [0.4, 0.5) is 5.13 Å². The van der Waals surface area contributed by atoms with Gasteiger partial charge in [0.25, 0.3) is 5.91 Å². The van der Waals surface area contributed by atoms with Crippen molar-refractivity contribution in [2.75, 3.05) is 59.3 Å². The van der Waals surface area contributed by atoms with Crippen molar-refractivity contribution in [3.8, 4) is 22.8 Å². The minimum atomic E-state index is -0.241. The molecule has 1 aromatic heterocycles. The lowest BCUT2D eigenvalue weighted by molar-refractivity contribution is 0.102. The summed E-state index contributed by atoms with van der Waals surface area (Å²) in [5.74, 6) is 0.894. The first kappa shape index (κ1) is 24.2. The van der Waals surface area contributed by atoms with Gasteiger partial charge in [0.15, 0.2) is 5.13 Å². The number of aromatic nitrogens is 1. The molecule has 180 valence electrons. The van der Waals surface area contributed by atoms with Crippen LogP contribution in [0, 0.1) is 0 Å². The Morgan fingerprint density at radius 2 is 1.71 bits per heavy atom. The number of hydrogen-bond donors (Lipinski definition) is 1. The molecule has 8 heteroatoms. The van der Waals surface area contributed by atoms with Gasteiger partial charge in [0.1, 0.15) is 11.5 Å². The van der Waals surface area contributed by atoms with E-state index in [-0.39, 0.29) is 5.91 Å². The summed E-state index contributed by atoms with van der Waals surface area (Å²) in [5, 5.41) is 3.57. The standard InChI is InChI=1S/C26H32N4O3S/c1-29-12-14-30(15-13-29)11-7-10-23-24(19-8-5-4-6-9-19)27-26(34-23)28-25(31)20-16-21(32-2)18-22(17-20)33-3/h4-6,8-9,16-18H,7,10-15H2,1-3H3,(H,27,28,31). The van der Waals surface area contributed by atoms with Gasteiger partial charge >= 0.3 is 0 Å². The van der Waals surface area contributed by atoms with Crippen LogP contribution in [0.5, 0.6) is 11.5 Å². The number of carbonyl (C=O) groups is 1. The Hall–Kier alpha value is -2.94. The molecule has 1 aliphatic heterocycles. The Kier molecular flexibility index (Phi) is 8.16. The van der Waals surface area contributed by atoms with Gasteiger partial charge in [-0.25, -0.2) is 4.98 Å². The molecule has 1 aliphatic rings. The Morgan fingerprint density at radius 3 is 2.35 bits per heavy atom. The molecule has 1 saturated heterocycles. The lowest BCUT2D eigenvalue weighted by Gasteiger charge is -2.32. The third-order valence-electron chi connectivity index (χ3n) is 6.05. The van der Waals surface area contributed by atoms with E-state index < -0.39 is 0 Å². The quantitative estimate of drug-likeness (QED) is 0.494. The molecule has 2 heterocycles. The number of methoxy groups -OCH3 is 2.